The van der Waals surface area contributed by atoms with Crippen molar-refractivity contribution in [2.45, 2.75) is 6.61 Å². The summed E-state index contributed by atoms with van der Waals surface area (Å²) >= 11 is 3.51. The van der Waals surface area contributed by atoms with Crippen molar-refractivity contribution in [1.29, 1.82) is 0 Å². The number of esters is 1. The van der Waals surface area contributed by atoms with Gasteiger partial charge in [0.25, 0.3) is 5.91 Å². The number of hydrogen-bond donors (Lipinski definition) is 0. The van der Waals surface area contributed by atoms with Crippen LogP contribution in [0, 0.1) is 3.57 Å². The van der Waals surface area contributed by atoms with Crippen molar-refractivity contribution in [2.24, 2.45) is 4.99 Å². The van der Waals surface area contributed by atoms with Gasteiger partial charge in [0.15, 0.2) is 16.7 Å². The van der Waals surface area contributed by atoms with Gasteiger partial charge in [0.2, 0.25) is 0 Å². The molecule has 1 heterocycles. The molecule has 0 aromatic heterocycles. The minimum Gasteiger partial charge on any atom is -0.493 e. The smallest absolute Gasteiger partial charge is 0.337 e. The molecule has 5 rings (SSSR count). The number of halogens is 1. The lowest BCUT2D eigenvalue weighted by Crippen LogP contribution is -2.23. The van der Waals surface area contributed by atoms with Crippen LogP contribution >= 0.6 is 34.4 Å². The lowest BCUT2D eigenvalue weighted by molar-refractivity contribution is -0.121. The molecule has 202 valence electrons. The first-order chi connectivity index (χ1) is 19.4. The van der Waals surface area contributed by atoms with Crippen molar-refractivity contribution in [3.8, 4) is 11.5 Å². The second-order valence-electron chi connectivity index (χ2n) is 8.87. The number of hydrogen-bond acceptors (Lipinski definition) is 7. The van der Waals surface area contributed by atoms with Crippen LogP contribution in [0.2, 0.25) is 0 Å². The van der Waals surface area contributed by atoms with Crippen molar-refractivity contribution in [3.63, 3.8) is 0 Å². The minimum atomic E-state index is -0.415. The molecule has 0 bridgehead atoms. The normalized spacial score (nSPS) is 15.2. The first-order valence-electron chi connectivity index (χ1n) is 12.3. The second-order valence-corrected chi connectivity index (χ2v) is 11.0. The van der Waals surface area contributed by atoms with Gasteiger partial charge in [-0.25, -0.2) is 9.79 Å². The molecule has 0 saturated carbocycles. The van der Waals surface area contributed by atoms with Gasteiger partial charge in [0.1, 0.15) is 6.61 Å². The fourth-order valence-corrected chi connectivity index (χ4v) is 6.00. The van der Waals surface area contributed by atoms with E-state index in [-0.39, 0.29) is 5.91 Å². The summed E-state index contributed by atoms with van der Waals surface area (Å²) in [6, 6.07) is 24.9. The number of aliphatic imine (C=N–C) groups is 1. The lowest BCUT2D eigenvalue weighted by atomic mass is 10.1. The average molecular weight is 665 g/mol. The van der Waals surface area contributed by atoms with Gasteiger partial charge < -0.3 is 14.2 Å². The van der Waals surface area contributed by atoms with E-state index in [4.69, 9.17) is 14.2 Å². The van der Waals surface area contributed by atoms with Gasteiger partial charge in [0, 0.05) is 7.05 Å². The van der Waals surface area contributed by atoms with E-state index >= 15 is 0 Å². The van der Waals surface area contributed by atoms with E-state index in [1.54, 1.807) is 38.4 Å². The maximum absolute atomic E-state index is 13.0. The molecule has 1 aliphatic rings. The number of ether oxygens (including phenoxy) is 3. The van der Waals surface area contributed by atoms with E-state index in [0.717, 1.165) is 25.5 Å². The molecule has 0 atom stereocenters. The Bertz CT molecular complexity index is 1660. The second kappa shape index (κ2) is 12.1. The van der Waals surface area contributed by atoms with Crippen LogP contribution in [-0.4, -0.2) is 43.2 Å². The zero-order chi connectivity index (χ0) is 28.2. The van der Waals surface area contributed by atoms with Crippen LogP contribution in [0.5, 0.6) is 11.5 Å². The molecule has 1 saturated heterocycles. The maximum atomic E-state index is 13.0. The quantitative estimate of drug-likeness (QED) is 0.120. The van der Waals surface area contributed by atoms with E-state index in [9.17, 15) is 9.59 Å². The van der Waals surface area contributed by atoms with Gasteiger partial charge in [-0.3, -0.25) is 9.69 Å². The molecule has 0 aliphatic carbocycles. The summed E-state index contributed by atoms with van der Waals surface area (Å²) in [7, 11) is 4.63. The molecule has 0 radical (unpaired) electrons. The highest BCUT2D eigenvalue weighted by Crippen LogP contribution is 2.38. The van der Waals surface area contributed by atoms with Gasteiger partial charge >= 0.3 is 5.97 Å². The van der Waals surface area contributed by atoms with E-state index in [1.807, 2.05) is 36.4 Å². The minimum absolute atomic E-state index is 0.153. The number of amides is 1. The molecule has 0 N–H and O–H groups in total. The lowest BCUT2D eigenvalue weighted by Gasteiger charge is -2.15. The van der Waals surface area contributed by atoms with E-state index < -0.39 is 5.97 Å². The standard InChI is InChI=1S/C31H25IN2O5S/c1-34-29(35)27(40-31(34)33-23-13-11-21(12-14-23)30(36)38-3)17-19-15-25(32)28(26(16-19)37-2)39-18-22-9-6-8-20-7-4-5-10-24(20)22/h4-17H,18H2,1-3H3/b27-17+,33-31?. The monoisotopic (exact) mass is 664 g/mol. The van der Waals surface area contributed by atoms with E-state index in [0.29, 0.717) is 39.4 Å². The topological polar surface area (TPSA) is 77.4 Å². The van der Waals surface area contributed by atoms with Crippen LogP contribution in [0.4, 0.5) is 5.69 Å². The summed E-state index contributed by atoms with van der Waals surface area (Å²) < 4.78 is 17.5. The molecular weight excluding hydrogens is 639 g/mol. The third-order valence-electron chi connectivity index (χ3n) is 6.32. The third kappa shape index (κ3) is 5.85. The van der Waals surface area contributed by atoms with Crippen LogP contribution < -0.4 is 9.47 Å². The number of carbonyl (C=O) groups is 2. The number of nitrogens with zero attached hydrogens (tertiary/aromatic N) is 2. The zero-order valence-electron chi connectivity index (χ0n) is 22.0. The molecular formula is C31H25IN2O5S. The summed E-state index contributed by atoms with van der Waals surface area (Å²) in [5, 5.41) is 2.86. The molecule has 4 aromatic rings. The molecule has 9 heteroatoms. The van der Waals surface area contributed by atoms with Gasteiger partial charge in [-0.15, -0.1) is 0 Å². The third-order valence-corrected chi connectivity index (χ3v) is 8.18. The van der Waals surface area contributed by atoms with E-state index in [1.165, 1.54) is 23.8 Å². The van der Waals surface area contributed by atoms with Crippen molar-refractivity contribution in [3.05, 3.63) is 104 Å². The number of thioether (sulfide) groups is 1. The number of amidine groups is 1. The molecule has 1 aliphatic heterocycles. The zero-order valence-corrected chi connectivity index (χ0v) is 25.0. The molecule has 40 heavy (non-hydrogen) atoms. The van der Waals surface area contributed by atoms with Crippen LogP contribution in [0.15, 0.2) is 88.8 Å². The molecule has 1 fully saturated rings. The Balaban J connectivity index is 1.36. The Morgan fingerprint density at radius 3 is 2.52 bits per heavy atom. The number of fused-ring (bicyclic) bond motifs is 1. The Morgan fingerprint density at radius 1 is 1.02 bits per heavy atom. The van der Waals surface area contributed by atoms with Crippen molar-refractivity contribution in [2.75, 3.05) is 21.3 Å². The Labute approximate surface area is 250 Å². The number of methoxy groups -OCH3 is 2. The van der Waals surface area contributed by atoms with Crippen LogP contribution in [-0.2, 0) is 16.1 Å². The van der Waals surface area contributed by atoms with Gasteiger partial charge in [-0.1, -0.05) is 42.5 Å². The van der Waals surface area contributed by atoms with Crippen molar-refractivity contribution in [1.82, 2.24) is 4.90 Å². The van der Waals surface area contributed by atoms with Gasteiger partial charge in [0.05, 0.1) is 33.9 Å². The number of benzene rings is 4. The predicted molar refractivity (Wildman–Crippen MR) is 167 cm³/mol. The fourth-order valence-electron chi connectivity index (χ4n) is 4.23. The molecule has 7 nitrogen and oxygen atoms in total. The molecule has 1 amide bonds. The van der Waals surface area contributed by atoms with Crippen LogP contribution in [0.3, 0.4) is 0 Å². The highest BCUT2D eigenvalue weighted by atomic mass is 127. The maximum Gasteiger partial charge on any atom is 0.337 e. The van der Waals surface area contributed by atoms with E-state index in [2.05, 4.69) is 51.8 Å². The number of likely N-dealkylation sites (N-methyl/N-ethyl adjacent to an activating group) is 1. The highest BCUT2D eigenvalue weighted by molar-refractivity contribution is 14.1. The Hall–Kier alpha value is -3.83. The summed E-state index contributed by atoms with van der Waals surface area (Å²) in [6.45, 7) is 0.397. The predicted octanol–water partition coefficient (Wildman–Crippen LogP) is 7.05. The van der Waals surface area contributed by atoms with Gasteiger partial charge in [-0.2, -0.15) is 0 Å². The molecule has 0 unspecified atom stereocenters. The molecule has 4 aromatic carbocycles. The Kier molecular flexibility index (Phi) is 8.41. The van der Waals surface area contributed by atoms with Gasteiger partial charge in [-0.05, 0) is 98.7 Å². The summed E-state index contributed by atoms with van der Waals surface area (Å²) in [4.78, 5) is 31.3. The number of rotatable bonds is 7. The number of carbonyl (C=O) groups excluding carboxylic acids is 2. The van der Waals surface area contributed by atoms with Crippen molar-refractivity contribution >= 4 is 73.9 Å². The highest BCUT2D eigenvalue weighted by Gasteiger charge is 2.30. The summed E-state index contributed by atoms with van der Waals surface area (Å²) in [5.41, 5.74) is 2.96. The van der Waals surface area contributed by atoms with Crippen LogP contribution in [0.25, 0.3) is 16.8 Å². The molecule has 0 spiro atoms. The largest absolute Gasteiger partial charge is 0.493 e. The van der Waals surface area contributed by atoms with Crippen molar-refractivity contribution < 1.29 is 23.8 Å². The average Bonchev–Trinajstić information content (AvgIpc) is 3.23. The van der Waals surface area contributed by atoms with Crippen LogP contribution in [0.1, 0.15) is 21.5 Å². The first-order valence-corrected chi connectivity index (χ1v) is 14.2. The summed E-state index contributed by atoms with van der Waals surface area (Å²) in [5.74, 6) is 0.669. The fraction of sp³-hybridized carbons (Fsp3) is 0.129. The SMILES string of the molecule is COC(=O)c1ccc(N=C2S/C(=C/c3cc(I)c(OCc4cccc5ccccc45)c(OC)c3)C(=O)N2C)cc1. The first kappa shape index (κ1) is 27.7. The summed E-state index contributed by atoms with van der Waals surface area (Å²) in [6.07, 6.45) is 1.82. The Morgan fingerprint density at radius 2 is 1.77 bits per heavy atom.